The fraction of sp³-hybridized carbons (Fsp3) is 0.682. The second-order valence-corrected chi connectivity index (χ2v) is 7.68. The van der Waals surface area contributed by atoms with Crippen molar-refractivity contribution in [2.45, 2.75) is 65.0 Å². The number of rotatable bonds is 7. The van der Waals surface area contributed by atoms with Gasteiger partial charge in [0.25, 0.3) is 0 Å². The fourth-order valence-corrected chi connectivity index (χ4v) is 3.99. The summed E-state index contributed by atoms with van der Waals surface area (Å²) < 4.78 is 11.3. The summed E-state index contributed by atoms with van der Waals surface area (Å²) in [6.45, 7) is 7.29. The number of guanidine groups is 1. The molecule has 0 spiro atoms. The van der Waals surface area contributed by atoms with Gasteiger partial charge in [-0.05, 0) is 58.4 Å². The fourth-order valence-electron chi connectivity index (χ4n) is 3.99. The molecule has 0 aromatic carbocycles. The monoisotopic (exact) mass is 402 g/mol. The molecule has 29 heavy (non-hydrogen) atoms. The second-order valence-electron chi connectivity index (χ2n) is 7.68. The Bertz CT molecular complexity index is 680. The lowest BCUT2D eigenvalue weighted by Crippen LogP contribution is -2.46. The smallest absolute Gasteiger partial charge is 0.309 e. The quantitative estimate of drug-likeness (QED) is 0.429. The third-order valence-corrected chi connectivity index (χ3v) is 5.58. The molecule has 3 rings (SSSR count). The highest BCUT2D eigenvalue weighted by Gasteiger charge is 2.27. The van der Waals surface area contributed by atoms with Gasteiger partial charge in [0.1, 0.15) is 6.10 Å². The lowest BCUT2D eigenvalue weighted by molar-refractivity contribution is -0.149. The first-order valence-corrected chi connectivity index (χ1v) is 11.0. The van der Waals surface area contributed by atoms with Gasteiger partial charge >= 0.3 is 5.97 Å². The van der Waals surface area contributed by atoms with Crippen molar-refractivity contribution in [2.24, 2.45) is 10.9 Å². The van der Waals surface area contributed by atoms with Gasteiger partial charge in [0.05, 0.1) is 19.1 Å². The molecule has 1 aliphatic heterocycles. The second kappa shape index (κ2) is 11.0. The van der Waals surface area contributed by atoms with Crippen LogP contribution in [0.5, 0.6) is 5.88 Å². The summed E-state index contributed by atoms with van der Waals surface area (Å²) in [5.74, 6) is 1.52. The van der Waals surface area contributed by atoms with E-state index in [2.05, 4.69) is 22.1 Å². The van der Waals surface area contributed by atoms with Crippen molar-refractivity contribution in [3.8, 4) is 5.88 Å². The average Bonchev–Trinajstić information content (AvgIpc) is 3.25. The molecule has 1 aliphatic carbocycles. The van der Waals surface area contributed by atoms with Crippen molar-refractivity contribution in [2.75, 3.05) is 26.2 Å². The standard InChI is InChI=1S/C22H34N4O3/c1-3-23-22(26-14-11-17(12-15-26)21(27)28-4-2)25-16-18-8-7-13-24-20(18)29-19-9-5-6-10-19/h7-8,13,17,19H,3-6,9-12,14-16H2,1-2H3,(H,23,25). The highest BCUT2D eigenvalue weighted by Crippen LogP contribution is 2.25. The Morgan fingerprint density at radius 2 is 2.00 bits per heavy atom. The van der Waals surface area contributed by atoms with E-state index in [9.17, 15) is 4.79 Å². The number of carbonyl (C=O) groups excluding carboxylic acids is 1. The van der Waals surface area contributed by atoms with E-state index < -0.39 is 0 Å². The van der Waals surface area contributed by atoms with Gasteiger partial charge in [-0.2, -0.15) is 0 Å². The zero-order valence-electron chi connectivity index (χ0n) is 17.7. The minimum atomic E-state index is -0.0712. The Morgan fingerprint density at radius 3 is 2.69 bits per heavy atom. The third-order valence-electron chi connectivity index (χ3n) is 5.58. The van der Waals surface area contributed by atoms with Gasteiger partial charge in [0.2, 0.25) is 5.88 Å². The van der Waals surface area contributed by atoms with Gasteiger partial charge in [-0.3, -0.25) is 4.79 Å². The number of nitrogens with one attached hydrogen (secondary N) is 1. The summed E-state index contributed by atoms with van der Waals surface area (Å²) in [5.41, 5.74) is 1.01. The van der Waals surface area contributed by atoms with Crippen LogP contribution in [0.15, 0.2) is 23.3 Å². The Balaban J connectivity index is 1.62. The zero-order chi connectivity index (χ0) is 20.5. The molecule has 1 N–H and O–H groups in total. The molecule has 0 bridgehead atoms. The molecule has 1 saturated carbocycles. The van der Waals surface area contributed by atoms with E-state index in [-0.39, 0.29) is 18.0 Å². The number of carbonyl (C=O) groups is 1. The highest BCUT2D eigenvalue weighted by atomic mass is 16.5. The summed E-state index contributed by atoms with van der Waals surface area (Å²) >= 11 is 0. The van der Waals surface area contributed by atoms with Gasteiger partial charge in [-0.1, -0.05) is 6.07 Å². The molecule has 0 atom stereocenters. The van der Waals surface area contributed by atoms with E-state index in [1.165, 1.54) is 12.8 Å². The Morgan fingerprint density at radius 1 is 1.24 bits per heavy atom. The molecule has 2 aliphatic rings. The lowest BCUT2D eigenvalue weighted by atomic mass is 9.97. The van der Waals surface area contributed by atoms with Crippen molar-refractivity contribution in [1.82, 2.24) is 15.2 Å². The molecule has 1 aromatic heterocycles. The van der Waals surface area contributed by atoms with E-state index in [1.807, 2.05) is 19.1 Å². The maximum Gasteiger partial charge on any atom is 0.309 e. The van der Waals surface area contributed by atoms with Gasteiger partial charge < -0.3 is 19.7 Å². The van der Waals surface area contributed by atoms with Crippen LogP contribution >= 0.6 is 0 Å². The summed E-state index contributed by atoms with van der Waals surface area (Å²) in [6.07, 6.45) is 8.34. The average molecular weight is 403 g/mol. The number of hydrogen-bond donors (Lipinski definition) is 1. The van der Waals surface area contributed by atoms with E-state index in [0.717, 1.165) is 56.8 Å². The Hall–Kier alpha value is -2.31. The van der Waals surface area contributed by atoms with Crippen molar-refractivity contribution >= 4 is 11.9 Å². The number of aromatic nitrogens is 1. The maximum absolute atomic E-state index is 12.0. The largest absolute Gasteiger partial charge is 0.474 e. The van der Waals surface area contributed by atoms with Gasteiger partial charge in [-0.25, -0.2) is 9.98 Å². The molecule has 2 fully saturated rings. The SMILES string of the molecule is CCNC(=NCc1cccnc1OC1CCCC1)N1CCC(C(=O)OCC)CC1. The summed E-state index contributed by atoms with van der Waals surface area (Å²) in [7, 11) is 0. The minimum absolute atomic E-state index is 0.00110. The van der Waals surface area contributed by atoms with Crippen LogP contribution in [0.2, 0.25) is 0 Å². The van der Waals surface area contributed by atoms with Crippen LogP contribution in [0.3, 0.4) is 0 Å². The Labute approximate surface area is 173 Å². The minimum Gasteiger partial charge on any atom is -0.474 e. The predicted octanol–water partition coefficient (Wildman–Crippen LogP) is 3.14. The van der Waals surface area contributed by atoms with E-state index in [0.29, 0.717) is 19.0 Å². The topological polar surface area (TPSA) is 76.1 Å². The number of esters is 1. The predicted molar refractivity (Wildman–Crippen MR) is 113 cm³/mol. The van der Waals surface area contributed by atoms with Gasteiger partial charge in [-0.15, -0.1) is 0 Å². The van der Waals surface area contributed by atoms with Crippen LogP contribution in [0.1, 0.15) is 57.9 Å². The van der Waals surface area contributed by atoms with Crippen LogP contribution in [-0.4, -0.2) is 54.2 Å². The molecule has 7 nitrogen and oxygen atoms in total. The number of piperidine rings is 1. The van der Waals surface area contributed by atoms with Crippen molar-refractivity contribution in [3.63, 3.8) is 0 Å². The molecule has 1 aromatic rings. The molecular weight excluding hydrogens is 368 g/mol. The molecule has 0 radical (unpaired) electrons. The number of nitrogens with zero attached hydrogens (tertiary/aromatic N) is 3. The molecule has 0 unspecified atom stereocenters. The van der Waals surface area contributed by atoms with E-state index in [1.54, 1.807) is 6.20 Å². The third kappa shape index (κ3) is 6.08. The van der Waals surface area contributed by atoms with Crippen LogP contribution < -0.4 is 10.1 Å². The first kappa shape index (κ1) is 21.4. The van der Waals surface area contributed by atoms with Crippen LogP contribution in [0.25, 0.3) is 0 Å². The van der Waals surface area contributed by atoms with Gasteiger partial charge in [0.15, 0.2) is 5.96 Å². The first-order valence-electron chi connectivity index (χ1n) is 11.0. The molecule has 2 heterocycles. The van der Waals surface area contributed by atoms with Crippen LogP contribution in [0.4, 0.5) is 0 Å². The normalized spacial score (nSPS) is 18.7. The Kier molecular flexibility index (Phi) is 8.14. The van der Waals surface area contributed by atoms with Crippen molar-refractivity contribution in [1.29, 1.82) is 0 Å². The number of ether oxygens (including phenoxy) is 2. The van der Waals surface area contributed by atoms with Crippen molar-refractivity contribution in [3.05, 3.63) is 23.9 Å². The maximum atomic E-state index is 12.0. The first-order chi connectivity index (χ1) is 14.2. The lowest BCUT2D eigenvalue weighted by Gasteiger charge is -2.33. The molecule has 7 heteroatoms. The van der Waals surface area contributed by atoms with E-state index in [4.69, 9.17) is 14.5 Å². The van der Waals surface area contributed by atoms with Gasteiger partial charge in [0, 0.05) is 31.4 Å². The molecule has 0 amide bonds. The van der Waals surface area contributed by atoms with Crippen molar-refractivity contribution < 1.29 is 14.3 Å². The zero-order valence-corrected chi connectivity index (χ0v) is 17.7. The number of pyridine rings is 1. The van der Waals surface area contributed by atoms with Crippen LogP contribution in [-0.2, 0) is 16.1 Å². The van der Waals surface area contributed by atoms with E-state index >= 15 is 0 Å². The summed E-state index contributed by atoms with van der Waals surface area (Å²) in [4.78, 5) is 23.5. The molecule has 160 valence electrons. The highest BCUT2D eigenvalue weighted by molar-refractivity contribution is 5.80. The molecule has 1 saturated heterocycles. The number of likely N-dealkylation sites (tertiary alicyclic amines) is 1. The van der Waals surface area contributed by atoms with Crippen LogP contribution in [0, 0.1) is 5.92 Å². The summed E-state index contributed by atoms with van der Waals surface area (Å²) in [5, 5.41) is 3.38. The molecular formula is C22H34N4O3. The number of hydrogen-bond acceptors (Lipinski definition) is 5. The number of aliphatic imine (C=N–C) groups is 1. The summed E-state index contributed by atoms with van der Waals surface area (Å²) in [6, 6.07) is 3.97.